The standard InChI is InChI=1S/C20H19N3OS/c1-14(16-8-7-15-5-3-4-6-17(15)13-16)22-23-20(25)21-18-9-11-19(24-2)12-10-18/h3-13,22H,1H2,2H3,(H2,21,23,25). The first-order valence-electron chi connectivity index (χ1n) is 7.81. The number of nitrogens with one attached hydrogen (secondary N) is 3. The van der Waals surface area contributed by atoms with Crippen molar-refractivity contribution in [2.24, 2.45) is 0 Å². The maximum Gasteiger partial charge on any atom is 0.189 e. The lowest BCUT2D eigenvalue weighted by Gasteiger charge is -2.15. The molecule has 0 aliphatic heterocycles. The number of fused-ring (bicyclic) bond motifs is 1. The maximum atomic E-state index is 5.29. The zero-order valence-corrected chi connectivity index (χ0v) is 14.7. The molecule has 3 aromatic rings. The van der Waals surface area contributed by atoms with Gasteiger partial charge in [0.05, 0.1) is 12.8 Å². The van der Waals surface area contributed by atoms with Gasteiger partial charge in [-0.15, -0.1) is 0 Å². The summed E-state index contributed by atoms with van der Waals surface area (Å²) in [6, 6.07) is 21.9. The van der Waals surface area contributed by atoms with Crippen molar-refractivity contribution in [3.05, 3.63) is 78.9 Å². The van der Waals surface area contributed by atoms with E-state index in [4.69, 9.17) is 17.0 Å². The number of rotatable bonds is 5. The molecule has 0 heterocycles. The van der Waals surface area contributed by atoms with Gasteiger partial charge in [-0.1, -0.05) is 43.0 Å². The fourth-order valence-electron chi connectivity index (χ4n) is 2.42. The number of hydrogen-bond donors (Lipinski definition) is 3. The molecule has 126 valence electrons. The van der Waals surface area contributed by atoms with Crippen LogP contribution >= 0.6 is 12.2 Å². The van der Waals surface area contributed by atoms with Gasteiger partial charge in [0.1, 0.15) is 5.75 Å². The van der Waals surface area contributed by atoms with Gasteiger partial charge in [-0.05, 0) is 58.9 Å². The van der Waals surface area contributed by atoms with Gasteiger partial charge < -0.3 is 10.1 Å². The zero-order chi connectivity index (χ0) is 17.6. The Labute approximate surface area is 152 Å². The van der Waals surface area contributed by atoms with Crippen LogP contribution in [0.15, 0.2) is 73.3 Å². The van der Waals surface area contributed by atoms with E-state index in [9.17, 15) is 0 Å². The first-order valence-corrected chi connectivity index (χ1v) is 8.22. The highest BCUT2D eigenvalue weighted by Crippen LogP contribution is 2.19. The van der Waals surface area contributed by atoms with Gasteiger partial charge in [0.15, 0.2) is 5.11 Å². The number of benzene rings is 3. The van der Waals surface area contributed by atoms with Crippen molar-refractivity contribution in [1.82, 2.24) is 10.9 Å². The Hall–Kier alpha value is -3.05. The summed E-state index contributed by atoms with van der Waals surface area (Å²) >= 11 is 5.29. The Morgan fingerprint density at radius 1 is 0.920 bits per heavy atom. The molecule has 3 rings (SSSR count). The average Bonchev–Trinajstić information content (AvgIpc) is 2.66. The molecule has 4 nitrogen and oxygen atoms in total. The molecule has 0 aliphatic rings. The van der Waals surface area contributed by atoms with E-state index in [1.807, 2.05) is 42.5 Å². The third-order valence-corrected chi connectivity index (χ3v) is 3.98. The number of anilines is 1. The average molecular weight is 349 g/mol. The molecular formula is C20H19N3OS. The Morgan fingerprint density at radius 2 is 1.64 bits per heavy atom. The highest BCUT2D eigenvalue weighted by Gasteiger charge is 2.02. The summed E-state index contributed by atoms with van der Waals surface area (Å²) in [5.74, 6) is 0.798. The van der Waals surface area contributed by atoms with E-state index >= 15 is 0 Å². The fraction of sp³-hybridized carbons (Fsp3) is 0.0500. The second-order valence-corrected chi connectivity index (χ2v) is 5.88. The van der Waals surface area contributed by atoms with Crippen molar-refractivity contribution in [2.75, 3.05) is 12.4 Å². The highest BCUT2D eigenvalue weighted by molar-refractivity contribution is 7.80. The summed E-state index contributed by atoms with van der Waals surface area (Å²) in [6.07, 6.45) is 0. The SMILES string of the molecule is C=C(NNC(=S)Nc1ccc(OC)cc1)c1ccc2ccccc2c1. The van der Waals surface area contributed by atoms with Crippen LogP contribution in [0.3, 0.4) is 0 Å². The van der Waals surface area contributed by atoms with E-state index < -0.39 is 0 Å². The third kappa shape index (κ3) is 4.28. The summed E-state index contributed by atoms with van der Waals surface area (Å²) in [6.45, 7) is 4.06. The molecule has 0 saturated carbocycles. The second kappa shape index (κ2) is 7.68. The van der Waals surface area contributed by atoms with Crippen molar-refractivity contribution in [3.63, 3.8) is 0 Å². The summed E-state index contributed by atoms with van der Waals surface area (Å²) in [4.78, 5) is 0. The van der Waals surface area contributed by atoms with E-state index in [1.54, 1.807) is 7.11 Å². The van der Waals surface area contributed by atoms with Gasteiger partial charge in [0.25, 0.3) is 0 Å². The molecule has 0 atom stereocenters. The van der Waals surface area contributed by atoms with E-state index in [1.165, 1.54) is 10.8 Å². The Morgan fingerprint density at radius 3 is 2.36 bits per heavy atom. The third-order valence-electron chi connectivity index (χ3n) is 3.77. The van der Waals surface area contributed by atoms with Crippen LogP contribution in [0.1, 0.15) is 5.56 Å². The van der Waals surface area contributed by atoms with Crippen molar-refractivity contribution in [3.8, 4) is 5.75 Å². The van der Waals surface area contributed by atoms with E-state index in [-0.39, 0.29) is 0 Å². The van der Waals surface area contributed by atoms with Crippen LogP contribution in [0.2, 0.25) is 0 Å². The van der Waals surface area contributed by atoms with Crippen LogP contribution in [-0.2, 0) is 0 Å². The molecule has 25 heavy (non-hydrogen) atoms. The van der Waals surface area contributed by atoms with Gasteiger partial charge in [-0.2, -0.15) is 0 Å². The maximum absolute atomic E-state index is 5.29. The Bertz CT molecular complexity index is 906. The van der Waals surface area contributed by atoms with Gasteiger partial charge in [0.2, 0.25) is 0 Å². The van der Waals surface area contributed by atoms with Crippen molar-refractivity contribution >= 4 is 39.5 Å². The van der Waals surface area contributed by atoms with Crippen LogP contribution in [0.5, 0.6) is 5.75 Å². The molecule has 0 radical (unpaired) electrons. The number of hydrazine groups is 1. The molecule has 3 N–H and O–H groups in total. The lowest BCUT2D eigenvalue weighted by Crippen LogP contribution is -2.38. The van der Waals surface area contributed by atoms with Crippen LogP contribution in [0.25, 0.3) is 16.5 Å². The minimum Gasteiger partial charge on any atom is -0.497 e. The Balaban J connectivity index is 1.57. The minimum atomic E-state index is 0.451. The molecule has 0 aliphatic carbocycles. The molecule has 0 bridgehead atoms. The fourth-order valence-corrected chi connectivity index (χ4v) is 2.59. The summed E-state index contributed by atoms with van der Waals surface area (Å²) in [5, 5.41) is 5.91. The zero-order valence-electron chi connectivity index (χ0n) is 13.9. The molecule has 0 saturated heterocycles. The predicted octanol–water partition coefficient (Wildman–Crippen LogP) is 4.31. The van der Waals surface area contributed by atoms with Crippen molar-refractivity contribution in [1.29, 1.82) is 0 Å². The molecular weight excluding hydrogens is 330 g/mol. The van der Waals surface area contributed by atoms with Crippen LogP contribution < -0.4 is 20.9 Å². The highest BCUT2D eigenvalue weighted by atomic mass is 32.1. The molecule has 0 amide bonds. The summed E-state index contributed by atoms with van der Waals surface area (Å²) in [5.41, 5.74) is 8.59. The summed E-state index contributed by atoms with van der Waals surface area (Å²) in [7, 11) is 1.64. The monoisotopic (exact) mass is 349 g/mol. The quantitative estimate of drug-likeness (QED) is 0.473. The summed E-state index contributed by atoms with van der Waals surface area (Å²) < 4.78 is 5.13. The van der Waals surface area contributed by atoms with E-state index in [2.05, 4.69) is 47.0 Å². The van der Waals surface area contributed by atoms with Crippen molar-refractivity contribution < 1.29 is 4.74 Å². The number of thiocarbonyl (C=S) groups is 1. The predicted molar refractivity (Wildman–Crippen MR) is 108 cm³/mol. The number of methoxy groups -OCH3 is 1. The normalized spacial score (nSPS) is 10.1. The van der Waals surface area contributed by atoms with Gasteiger partial charge in [0, 0.05) is 5.69 Å². The molecule has 0 fully saturated rings. The first kappa shape index (κ1) is 16.8. The van der Waals surface area contributed by atoms with Gasteiger partial charge in [-0.25, -0.2) is 0 Å². The first-order chi connectivity index (χ1) is 12.2. The van der Waals surface area contributed by atoms with E-state index in [0.717, 1.165) is 22.7 Å². The van der Waals surface area contributed by atoms with Gasteiger partial charge >= 0.3 is 0 Å². The lowest BCUT2D eigenvalue weighted by molar-refractivity contribution is 0.415. The van der Waals surface area contributed by atoms with E-state index in [0.29, 0.717) is 5.11 Å². The number of hydrogen-bond acceptors (Lipinski definition) is 3. The van der Waals surface area contributed by atoms with Gasteiger partial charge in [-0.3, -0.25) is 10.9 Å². The minimum absolute atomic E-state index is 0.451. The molecule has 0 spiro atoms. The molecule has 3 aromatic carbocycles. The molecule has 0 aromatic heterocycles. The Kier molecular flexibility index (Phi) is 5.16. The topological polar surface area (TPSA) is 45.3 Å². The lowest BCUT2D eigenvalue weighted by atomic mass is 10.1. The van der Waals surface area contributed by atoms with Crippen LogP contribution in [-0.4, -0.2) is 12.2 Å². The second-order valence-electron chi connectivity index (χ2n) is 5.47. The number of ether oxygens (including phenoxy) is 1. The van der Waals surface area contributed by atoms with Crippen LogP contribution in [0, 0.1) is 0 Å². The molecule has 0 unspecified atom stereocenters. The molecule has 5 heteroatoms. The van der Waals surface area contributed by atoms with Crippen molar-refractivity contribution in [2.45, 2.75) is 0 Å². The largest absolute Gasteiger partial charge is 0.497 e. The smallest absolute Gasteiger partial charge is 0.189 e. The van der Waals surface area contributed by atoms with Crippen LogP contribution in [0.4, 0.5) is 5.69 Å².